The Labute approximate surface area is 171 Å². The number of anilines is 1. The van der Waals surface area contributed by atoms with Crippen LogP contribution in [0.1, 0.15) is 23.2 Å². The molecule has 9 heteroatoms. The fourth-order valence-electron chi connectivity index (χ4n) is 2.33. The van der Waals surface area contributed by atoms with E-state index in [0.717, 1.165) is 11.8 Å². The van der Waals surface area contributed by atoms with Crippen LogP contribution in [0.2, 0.25) is 0 Å². The summed E-state index contributed by atoms with van der Waals surface area (Å²) in [6.45, 7) is 1.58. The fourth-order valence-corrected chi connectivity index (χ4v) is 2.91. The highest BCUT2D eigenvalue weighted by Gasteiger charge is 2.11. The van der Waals surface area contributed by atoms with Crippen LogP contribution in [0, 0.1) is 0 Å². The van der Waals surface area contributed by atoms with Gasteiger partial charge in [0, 0.05) is 17.3 Å². The first kappa shape index (κ1) is 20.4. The Morgan fingerprint density at radius 2 is 1.90 bits per heavy atom. The number of aromatic nitrogens is 2. The van der Waals surface area contributed by atoms with Crippen molar-refractivity contribution in [2.45, 2.75) is 18.8 Å². The smallest absolute Gasteiger partial charge is 0.277 e. The van der Waals surface area contributed by atoms with E-state index in [9.17, 15) is 9.59 Å². The molecule has 29 heavy (non-hydrogen) atoms. The number of methoxy groups -OCH3 is 1. The monoisotopic (exact) mass is 413 g/mol. The molecule has 3 rings (SSSR count). The topological polar surface area (TPSA) is 104 Å². The van der Waals surface area contributed by atoms with E-state index in [1.54, 1.807) is 43.5 Å². The second-order valence-electron chi connectivity index (χ2n) is 5.90. The summed E-state index contributed by atoms with van der Waals surface area (Å²) in [7, 11) is 1.58. The van der Waals surface area contributed by atoms with Crippen molar-refractivity contribution in [1.29, 1.82) is 0 Å². The van der Waals surface area contributed by atoms with Gasteiger partial charge in [0.25, 0.3) is 11.1 Å². The molecule has 0 saturated carbocycles. The van der Waals surface area contributed by atoms with Gasteiger partial charge in [0.15, 0.2) is 12.4 Å². The second-order valence-corrected chi connectivity index (χ2v) is 6.83. The van der Waals surface area contributed by atoms with Crippen molar-refractivity contribution in [3.63, 3.8) is 0 Å². The number of thioether (sulfide) groups is 1. The SMILES string of the molecule is COc1cccc(OCc2nnc(SCC(=O)Nc3cccc(C(C)=O)c3)o2)c1. The number of nitrogens with zero attached hydrogens (tertiary/aromatic N) is 2. The number of amides is 1. The lowest BCUT2D eigenvalue weighted by atomic mass is 10.1. The van der Waals surface area contributed by atoms with Crippen molar-refractivity contribution in [3.8, 4) is 11.5 Å². The molecule has 1 amide bonds. The Morgan fingerprint density at radius 1 is 1.10 bits per heavy atom. The summed E-state index contributed by atoms with van der Waals surface area (Å²) in [5.74, 6) is 1.37. The molecule has 0 fully saturated rings. The van der Waals surface area contributed by atoms with Crippen molar-refractivity contribution in [2.24, 2.45) is 0 Å². The zero-order valence-corrected chi connectivity index (χ0v) is 16.7. The van der Waals surface area contributed by atoms with Gasteiger partial charge in [-0.3, -0.25) is 9.59 Å². The van der Waals surface area contributed by atoms with Crippen LogP contribution < -0.4 is 14.8 Å². The number of carbonyl (C=O) groups excluding carboxylic acids is 2. The highest BCUT2D eigenvalue weighted by atomic mass is 32.2. The zero-order valence-electron chi connectivity index (χ0n) is 15.9. The first-order valence-electron chi connectivity index (χ1n) is 8.66. The molecule has 150 valence electrons. The van der Waals surface area contributed by atoms with Crippen molar-refractivity contribution >= 4 is 29.1 Å². The van der Waals surface area contributed by atoms with Gasteiger partial charge in [-0.05, 0) is 31.2 Å². The standard InChI is InChI=1S/C20H19N3O5S/c1-13(24)14-5-3-6-15(9-14)21-18(25)12-29-20-23-22-19(28-20)11-27-17-8-4-7-16(10-17)26-2/h3-10H,11-12H2,1-2H3,(H,21,25). The van der Waals surface area contributed by atoms with E-state index in [2.05, 4.69) is 15.5 Å². The fraction of sp³-hybridized carbons (Fsp3) is 0.200. The maximum Gasteiger partial charge on any atom is 0.277 e. The molecule has 1 heterocycles. The number of hydrogen-bond donors (Lipinski definition) is 1. The van der Waals surface area contributed by atoms with Crippen molar-refractivity contribution < 1.29 is 23.5 Å². The lowest BCUT2D eigenvalue weighted by Crippen LogP contribution is -2.14. The highest BCUT2D eigenvalue weighted by Crippen LogP contribution is 2.21. The van der Waals surface area contributed by atoms with Crippen molar-refractivity contribution in [3.05, 3.63) is 60.0 Å². The Balaban J connectivity index is 1.48. The molecule has 1 aromatic heterocycles. The van der Waals surface area contributed by atoms with Crippen LogP contribution in [-0.4, -0.2) is 34.8 Å². The average Bonchev–Trinajstić information content (AvgIpc) is 3.19. The molecule has 3 aromatic rings. The van der Waals surface area contributed by atoms with E-state index in [4.69, 9.17) is 13.9 Å². The molecule has 0 aliphatic heterocycles. The maximum atomic E-state index is 12.1. The minimum Gasteiger partial charge on any atom is -0.497 e. The lowest BCUT2D eigenvalue weighted by molar-refractivity contribution is -0.113. The van der Waals surface area contributed by atoms with Gasteiger partial charge in [0.1, 0.15) is 11.5 Å². The van der Waals surface area contributed by atoms with Crippen LogP contribution in [0.5, 0.6) is 11.5 Å². The Morgan fingerprint density at radius 3 is 2.69 bits per heavy atom. The van der Waals surface area contributed by atoms with Gasteiger partial charge < -0.3 is 19.2 Å². The Bertz CT molecular complexity index is 1010. The predicted molar refractivity (Wildman–Crippen MR) is 107 cm³/mol. The third kappa shape index (κ3) is 6.08. The van der Waals surface area contributed by atoms with Gasteiger partial charge in [-0.2, -0.15) is 0 Å². The van der Waals surface area contributed by atoms with Crippen LogP contribution in [-0.2, 0) is 11.4 Å². The Hall–Kier alpha value is -3.33. The number of nitrogens with one attached hydrogen (secondary N) is 1. The molecule has 0 saturated heterocycles. The van der Waals surface area contributed by atoms with E-state index in [1.807, 2.05) is 12.1 Å². The van der Waals surface area contributed by atoms with Gasteiger partial charge in [-0.1, -0.05) is 30.0 Å². The van der Waals surface area contributed by atoms with Gasteiger partial charge in [-0.25, -0.2) is 0 Å². The lowest BCUT2D eigenvalue weighted by Gasteiger charge is -2.05. The van der Waals surface area contributed by atoms with E-state index < -0.39 is 0 Å². The van der Waals surface area contributed by atoms with Gasteiger partial charge in [0.05, 0.1) is 12.9 Å². The van der Waals surface area contributed by atoms with Crippen LogP contribution in [0.3, 0.4) is 0 Å². The minimum atomic E-state index is -0.247. The summed E-state index contributed by atoms with van der Waals surface area (Å²) >= 11 is 1.11. The van der Waals surface area contributed by atoms with E-state index >= 15 is 0 Å². The molecular weight excluding hydrogens is 394 g/mol. The number of benzene rings is 2. The number of hydrogen-bond acceptors (Lipinski definition) is 8. The summed E-state index contributed by atoms with van der Waals surface area (Å²) in [5.41, 5.74) is 1.09. The van der Waals surface area contributed by atoms with Crippen molar-refractivity contribution in [2.75, 3.05) is 18.2 Å². The first-order valence-corrected chi connectivity index (χ1v) is 9.65. The molecule has 2 aromatic carbocycles. The number of carbonyl (C=O) groups is 2. The molecule has 1 N–H and O–H groups in total. The highest BCUT2D eigenvalue weighted by molar-refractivity contribution is 7.99. The van der Waals surface area contributed by atoms with E-state index in [-0.39, 0.29) is 29.3 Å². The summed E-state index contributed by atoms with van der Waals surface area (Å²) < 4.78 is 16.2. The van der Waals surface area contributed by atoms with E-state index in [0.29, 0.717) is 28.6 Å². The molecule has 0 radical (unpaired) electrons. The predicted octanol–water partition coefficient (Wildman–Crippen LogP) is 3.59. The summed E-state index contributed by atoms with van der Waals surface area (Å²) in [6.07, 6.45) is 0. The largest absolute Gasteiger partial charge is 0.497 e. The molecular formula is C20H19N3O5S. The number of rotatable bonds is 9. The van der Waals surface area contributed by atoms with Gasteiger partial charge >= 0.3 is 0 Å². The maximum absolute atomic E-state index is 12.1. The molecule has 0 aliphatic carbocycles. The van der Waals surface area contributed by atoms with Gasteiger partial charge in [-0.15, -0.1) is 10.2 Å². The minimum absolute atomic E-state index is 0.0648. The van der Waals surface area contributed by atoms with Gasteiger partial charge in [0.2, 0.25) is 5.91 Å². The number of ketones is 1. The molecule has 0 atom stereocenters. The van der Waals surface area contributed by atoms with Crippen LogP contribution in [0.4, 0.5) is 5.69 Å². The molecule has 0 unspecified atom stereocenters. The molecule has 8 nitrogen and oxygen atoms in total. The zero-order chi connectivity index (χ0) is 20.6. The average molecular weight is 413 g/mol. The third-order valence-corrected chi connectivity index (χ3v) is 4.55. The summed E-state index contributed by atoms with van der Waals surface area (Å²) in [4.78, 5) is 23.5. The summed E-state index contributed by atoms with van der Waals surface area (Å²) in [5, 5.41) is 10.8. The van der Waals surface area contributed by atoms with Crippen LogP contribution >= 0.6 is 11.8 Å². The van der Waals surface area contributed by atoms with Crippen LogP contribution in [0.15, 0.2) is 58.2 Å². The molecule has 0 bridgehead atoms. The van der Waals surface area contributed by atoms with E-state index in [1.165, 1.54) is 6.92 Å². The summed E-state index contributed by atoms with van der Waals surface area (Å²) in [6, 6.07) is 13.9. The number of ether oxygens (including phenoxy) is 2. The molecule has 0 spiro atoms. The van der Waals surface area contributed by atoms with Crippen LogP contribution in [0.25, 0.3) is 0 Å². The Kier molecular flexibility index (Phi) is 6.85. The third-order valence-electron chi connectivity index (χ3n) is 3.73. The first-order chi connectivity index (χ1) is 14.0. The number of Topliss-reactive ketones (excluding diaryl/α,β-unsaturated/α-hetero) is 1. The normalized spacial score (nSPS) is 10.4. The second kappa shape index (κ2) is 9.74. The van der Waals surface area contributed by atoms with Crippen molar-refractivity contribution in [1.82, 2.24) is 10.2 Å². The quantitative estimate of drug-likeness (QED) is 0.419. The molecule has 0 aliphatic rings.